The molecule has 2 amide bonds. The number of hydrogen-bond donors (Lipinski definition) is 1. The van der Waals surface area contributed by atoms with Gasteiger partial charge in [-0.05, 0) is 31.2 Å². The van der Waals surface area contributed by atoms with Crippen molar-refractivity contribution in [1.29, 1.82) is 0 Å². The summed E-state index contributed by atoms with van der Waals surface area (Å²) in [5.74, 6) is -2.33. The molecule has 1 aliphatic rings. The van der Waals surface area contributed by atoms with Crippen LogP contribution in [-0.4, -0.2) is 30.4 Å². The Hall–Kier alpha value is -3.22. The van der Waals surface area contributed by atoms with E-state index < -0.39 is 30.3 Å². The number of hydrogen-bond acceptors (Lipinski definition) is 4. The van der Waals surface area contributed by atoms with Gasteiger partial charge in [0.1, 0.15) is 5.82 Å². The zero-order chi connectivity index (χ0) is 18.7. The molecule has 0 saturated heterocycles. The number of carbonyl (C=O) groups is 3. The van der Waals surface area contributed by atoms with Crippen molar-refractivity contribution >= 4 is 29.2 Å². The highest BCUT2D eigenvalue weighted by molar-refractivity contribution is 6.05. The smallest absolute Gasteiger partial charge is 0.341 e. The number of nitrogens with one attached hydrogen (secondary N) is 1. The van der Waals surface area contributed by atoms with E-state index in [0.717, 1.165) is 6.07 Å². The van der Waals surface area contributed by atoms with Gasteiger partial charge in [0, 0.05) is 12.5 Å². The van der Waals surface area contributed by atoms with E-state index in [9.17, 15) is 18.8 Å². The quantitative estimate of drug-likeness (QED) is 0.858. The van der Waals surface area contributed by atoms with E-state index in [0.29, 0.717) is 11.4 Å². The summed E-state index contributed by atoms with van der Waals surface area (Å²) in [5.41, 5.74) is 0.801. The Kier molecular flexibility index (Phi) is 4.97. The van der Waals surface area contributed by atoms with E-state index >= 15 is 0 Å². The number of fused-ring (bicyclic) bond motifs is 1. The van der Waals surface area contributed by atoms with Crippen molar-refractivity contribution < 1.29 is 23.5 Å². The molecule has 2 aromatic rings. The second-order valence-electron chi connectivity index (χ2n) is 5.94. The number of benzene rings is 2. The Bertz CT molecular complexity index is 868. The lowest BCUT2D eigenvalue weighted by atomic mass is 10.1. The van der Waals surface area contributed by atoms with Crippen molar-refractivity contribution in [3.05, 3.63) is 59.9 Å². The van der Waals surface area contributed by atoms with Gasteiger partial charge in [-0.25, -0.2) is 9.18 Å². The lowest BCUT2D eigenvalue weighted by Crippen LogP contribution is -2.41. The highest BCUT2D eigenvalue weighted by atomic mass is 19.1. The first-order chi connectivity index (χ1) is 12.5. The SMILES string of the molecule is C[C@@H]1CC(=O)Nc2ccccc2N1C(=O)COC(=O)c1ccccc1F. The Morgan fingerprint density at radius 2 is 1.88 bits per heavy atom. The lowest BCUT2D eigenvalue weighted by molar-refractivity contribution is -0.122. The third kappa shape index (κ3) is 3.56. The van der Waals surface area contributed by atoms with Gasteiger partial charge in [-0.1, -0.05) is 24.3 Å². The first-order valence-corrected chi connectivity index (χ1v) is 8.10. The summed E-state index contributed by atoms with van der Waals surface area (Å²) in [5, 5.41) is 2.75. The van der Waals surface area contributed by atoms with Gasteiger partial charge in [0.2, 0.25) is 5.91 Å². The van der Waals surface area contributed by atoms with E-state index in [1.165, 1.54) is 23.1 Å². The lowest BCUT2D eigenvalue weighted by Gasteiger charge is -2.27. The normalized spacial score (nSPS) is 16.3. The number of carbonyl (C=O) groups excluding carboxylic acids is 3. The van der Waals surface area contributed by atoms with Gasteiger partial charge in [0.25, 0.3) is 5.91 Å². The molecule has 2 aromatic carbocycles. The molecule has 6 nitrogen and oxygen atoms in total. The van der Waals surface area contributed by atoms with Gasteiger partial charge in [0.15, 0.2) is 6.61 Å². The van der Waals surface area contributed by atoms with E-state index in [1.807, 2.05) is 0 Å². The summed E-state index contributed by atoms with van der Waals surface area (Å²) in [6.07, 6.45) is 0.113. The van der Waals surface area contributed by atoms with Crippen molar-refractivity contribution in [1.82, 2.24) is 0 Å². The molecular weight excluding hydrogens is 339 g/mol. The molecule has 1 N–H and O–H groups in total. The van der Waals surface area contributed by atoms with Crippen LogP contribution < -0.4 is 10.2 Å². The largest absolute Gasteiger partial charge is 0.452 e. The molecule has 1 heterocycles. The third-order valence-corrected chi connectivity index (χ3v) is 4.05. The molecular formula is C19H17FN2O4. The zero-order valence-electron chi connectivity index (χ0n) is 14.1. The Morgan fingerprint density at radius 3 is 2.65 bits per heavy atom. The monoisotopic (exact) mass is 356 g/mol. The van der Waals surface area contributed by atoms with Crippen LogP contribution in [0.15, 0.2) is 48.5 Å². The number of anilines is 2. The first kappa shape index (κ1) is 17.6. The highest BCUT2D eigenvalue weighted by Gasteiger charge is 2.30. The molecule has 0 saturated carbocycles. The molecule has 0 aromatic heterocycles. The fourth-order valence-corrected chi connectivity index (χ4v) is 2.87. The van der Waals surface area contributed by atoms with Crippen LogP contribution in [-0.2, 0) is 14.3 Å². The molecule has 134 valence electrons. The summed E-state index contributed by atoms with van der Waals surface area (Å²) < 4.78 is 18.6. The number of rotatable bonds is 3. The van der Waals surface area contributed by atoms with Crippen molar-refractivity contribution in [3.63, 3.8) is 0 Å². The maximum Gasteiger partial charge on any atom is 0.341 e. The maximum atomic E-state index is 13.6. The number of esters is 1. The van der Waals surface area contributed by atoms with Gasteiger partial charge >= 0.3 is 5.97 Å². The molecule has 0 fully saturated rings. The van der Waals surface area contributed by atoms with Crippen LogP contribution in [0.3, 0.4) is 0 Å². The van der Waals surface area contributed by atoms with Crippen LogP contribution in [0.1, 0.15) is 23.7 Å². The summed E-state index contributed by atoms with van der Waals surface area (Å²) >= 11 is 0. The number of ether oxygens (including phenoxy) is 1. The summed E-state index contributed by atoms with van der Waals surface area (Å²) in [4.78, 5) is 38.0. The average molecular weight is 356 g/mol. The van der Waals surface area contributed by atoms with E-state index in [1.54, 1.807) is 31.2 Å². The number of halogens is 1. The predicted molar refractivity (Wildman–Crippen MR) is 93.3 cm³/mol. The molecule has 26 heavy (non-hydrogen) atoms. The summed E-state index contributed by atoms with van der Waals surface area (Å²) in [6.45, 7) is 1.18. The van der Waals surface area contributed by atoms with E-state index in [4.69, 9.17) is 4.74 Å². The van der Waals surface area contributed by atoms with Crippen molar-refractivity contribution in [2.75, 3.05) is 16.8 Å². The molecule has 0 spiro atoms. The second kappa shape index (κ2) is 7.35. The van der Waals surface area contributed by atoms with Crippen LogP contribution in [0.4, 0.5) is 15.8 Å². The van der Waals surface area contributed by atoms with E-state index in [-0.39, 0.29) is 17.9 Å². The molecule has 3 rings (SSSR count). The minimum atomic E-state index is -0.915. The molecule has 1 aliphatic heterocycles. The predicted octanol–water partition coefficient (Wildman–Crippen LogP) is 2.75. The fourth-order valence-electron chi connectivity index (χ4n) is 2.87. The van der Waals surface area contributed by atoms with Crippen molar-refractivity contribution in [2.24, 2.45) is 0 Å². The number of amides is 2. The van der Waals surface area contributed by atoms with Gasteiger partial charge in [-0.15, -0.1) is 0 Å². The van der Waals surface area contributed by atoms with Gasteiger partial charge in [-0.2, -0.15) is 0 Å². The second-order valence-corrected chi connectivity index (χ2v) is 5.94. The van der Waals surface area contributed by atoms with Crippen molar-refractivity contribution in [3.8, 4) is 0 Å². The molecule has 0 aliphatic carbocycles. The van der Waals surface area contributed by atoms with Gasteiger partial charge in [0.05, 0.1) is 16.9 Å². The minimum Gasteiger partial charge on any atom is -0.452 e. The maximum absolute atomic E-state index is 13.6. The van der Waals surface area contributed by atoms with Crippen LogP contribution >= 0.6 is 0 Å². The molecule has 0 bridgehead atoms. The van der Waals surface area contributed by atoms with Crippen LogP contribution in [0, 0.1) is 5.82 Å². The van der Waals surface area contributed by atoms with E-state index in [2.05, 4.69) is 5.32 Å². The van der Waals surface area contributed by atoms with Crippen LogP contribution in [0.2, 0.25) is 0 Å². The Labute approximate surface area is 149 Å². The zero-order valence-corrected chi connectivity index (χ0v) is 14.1. The van der Waals surface area contributed by atoms with Gasteiger partial charge < -0.3 is 15.0 Å². The summed E-state index contributed by atoms with van der Waals surface area (Å²) in [7, 11) is 0. The standard InChI is InChI=1S/C19H17FN2O4/c1-12-10-17(23)21-15-8-4-5-9-16(15)22(12)18(24)11-26-19(25)13-6-2-3-7-14(13)20/h2-9,12H,10-11H2,1H3,(H,21,23)/t12-/m1/s1. The molecule has 0 unspecified atom stereocenters. The van der Waals surface area contributed by atoms with Crippen LogP contribution in [0.25, 0.3) is 0 Å². The molecule has 7 heteroatoms. The fraction of sp³-hybridized carbons (Fsp3) is 0.211. The Balaban J connectivity index is 1.77. The average Bonchev–Trinajstić information content (AvgIpc) is 2.74. The first-order valence-electron chi connectivity index (χ1n) is 8.10. The highest BCUT2D eigenvalue weighted by Crippen LogP contribution is 2.31. The van der Waals surface area contributed by atoms with Gasteiger partial charge in [-0.3, -0.25) is 9.59 Å². The Morgan fingerprint density at radius 1 is 1.19 bits per heavy atom. The third-order valence-electron chi connectivity index (χ3n) is 4.05. The van der Waals surface area contributed by atoms with Crippen LogP contribution in [0.5, 0.6) is 0 Å². The van der Waals surface area contributed by atoms with Crippen molar-refractivity contribution in [2.45, 2.75) is 19.4 Å². The summed E-state index contributed by atoms with van der Waals surface area (Å²) in [6, 6.07) is 11.9. The molecule has 1 atom stereocenters. The molecule has 0 radical (unpaired) electrons. The number of para-hydroxylation sites is 2. The number of nitrogens with zero attached hydrogens (tertiary/aromatic N) is 1. The topological polar surface area (TPSA) is 75.7 Å². The minimum absolute atomic E-state index is 0.113.